The molecule has 0 atom stereocenters. The Hall–Kier alpha value is -1.76. The summed E-state index contributed by atoms with van der Waals surface area (Å²) in [6.07, 6.45) is 0. The average molecular weight is 356 g/mol. The SMILES string of the molecule is O=C(O)c1ccc(Oc2ccc(O)cc2I)cc1. The largest absolute Gasteiger partial charge is 0.508 e. The van der Waals surface area contributed by atoms with E-state index >= 15 is 0 Å². The van der Waals surface area contributed by atoms with Gasteiger partial charge in [0.25, 0.3) is 0 Å². The maximum atomic E-state index is 10.7. The Morgan fingerprint density at radius 3 is 2.33 bits per heavy atom. The van der Waals surface area contributed by atoms with Crippen LogP contribution in [0.1, 0.15) is 10.4 Å². The lowest BCUT2D eigenvalue weighted by Crippen LogP contribution is -1.95. The quantitative estimate of drug-likeness (QED) is 0.827. The van der Waals surface area contributed by atoms with Crippen LogP contribution in [0.4, 0.5) is 0 Å². The normalized spacial score (nSPS) is 10.1. The second kappa shape index (κ2) is 5.26. The number of hydrogen-bond donors (Lipinski definition) is 2. The van der Waals surface area contributed by atoms with E-state index in [1.165, 1.54) is 18.2 Å². The van der Waals surface area contributed by atoms with Crippen molar-refractivity contribution in [2.75, 3.05) is 0 Å². The van der Waals surface area contributed by atoms with Crippen molar-refractivity contribution in [2.24, 2.45) is 0 Å². The number of hydrogen-bond acceptors (Lipinski definition) is 3. The lowest BCUT2D eigenvalue weighted by atomic mass is 10.2. The van der Waals surface area contributed by atoms with E-state index in [-0.39, 0.29) is 11.3 Å². The van der Waals surface area contributed by atoms with Crippen LogP contribution in [0.25, 0.3) is 0 Å². The Morgan fingerprint density at radius 1 is 1.11 bits per heavy atom. The fourth-order valence-corrected chi connectivity index (χ4v) is 1.97. The first-order valence-corrected chi connectivity index (χ1v) is 6.14. The molecule has 2 aromatic carbocycles. The summed E-state index contributed by atoms with van der Waals surface area (Å²) >= 11 is 2.05. The summed E-state index contributed by atoms with van der Waals surface area (Å²) in [5.74, 6) is 0.355. The van der Waals surface area contributed by atoms with E-state index in [1.807, 2.05) is 0 Å². The maximum Gasteiger partial charge on any atom is 0.335 e. The van der Waals surface area contributed by atoms with E-state index in [9.17, 15) is 9.90 Å². The van der Waals surface area contributed by atoms with Crippen LogP contribution in [0, 0.1) is 3.57 Å². The topological polar surface area (TPSA) is 66.8 Å². The van der Waals surface area contributed by atoms with E-state index in [1.54, 1.807) is 24.3 Å². The Labute approximate surface area is 117 Å². The molecule has 0 fully saturated rings. The first kappa shape index (κ1) is 12.7. The molecule has 5 heteroatoms. The van der Waals surface area contributed by atoms with E-state index in [2.05, 4.69) is 22.6 Å². The number of phenolic OH excluding ortho intramolecular Hbond substituents is 1. The third-order valence-corrected chi connectivity index (χ3v) is 3.09. The van der Waals surface area contributed by atoms with Gasteiger partial charge in [0.1, 0.15) is 17.2 Å². The van der Waals surface area contributed by atoms with Crippen LogP contribution in [-0.2, 0) is 0 Å². The maximum absolute atomic E-state index is 10.7. The van der Waals surface area contributed by atoms with Crippen molar-refractivity contribution in [2.45, 2.75) is 0 Å². The van der Waals surface area contributed by atoms with Gasteiger partial charge in [0, 0.05) is 0 Å². The van der Waals surface area contributed by atoms with Crippen molar-refractivity contribution in [1.82, 2.24) is 0 Å². The van der Waals surface area contributed by atoms with Crippen LogP contribution < -0.4 is 4.74 Å². The van der Waals surface area contributed by atoms with Crippen molar-refractivity contribution in [3.63, 3.8) is 0 Å². The Morgan fingerprint density at radius 2 is 1.78 bits per heavy atom. The molecule has 2 N–H and O–H groups in total. The predicted octanol–water partition coefficient (Wildman–Crippen LogP) is 3.49. The molecule has 92 valence electrons. The highest BCUT2D eigenvalue weighted by Gasteiger charge is 2.05. The highest BCUT2D eigenvalue weighted by atomic mass is 127. The molecule has 2 rings (SSSR count). The minimum absolute atomic E-state index is 0.174. The van der Waals surface area contributed by atoms with Crippen LogP contribution in [-0.4, -0.2) is 16.2 Å². The summed E-state index contributed by atoms with van der Waals surface area (Å²) in [7, 11) is 0. The summed E-state index contributed by atoms with van der Waals surface area (Å²) < 4.78 is 6.36. The molecule has 0 saturated heterocycles. The standard InChI is InChI=1S/C13H9IO4/c14-11-7-9(15)3-6-12(11)18-10-4-1-8(2-5-10)13(16)17/h1-7,15H,(H,16,17). The zero-order valence-corrected chi connectivity index (χ0v) is 11.3. The molecule has 0 aliphatic carbocycles. The highest BCUT2D eigenvalue weighted by Crippen LogP contribution is 2.29. The fourth-order valence-electron chi connectivity index (χ4n) is 1.37. The third kappa shape index (κ3) is 2.92. The van der Waals surface area contributed by atoms with Gasteiger partial charge in [0.2, 0.25) is 0 Å². The van der Waals surface area contributed by atoms with E-state index in [0.717, 1.165) is 3.57 Å². The summed E-state index contributed by atoms with van der Waals surface area (Å²) in [5.41, 5.74) is 0.211. The number of aromatic carboxylic acids is 1. The number of aromatic hydroxyl groups is 1. The number of carboxylic acid groups (broad SMARTS) is 1. The molecular formula is C13H9IO4. The molecule has 0 aliphatic heterocycles. The van der Waals surface area contributed by atoms with Gasteiger partial charge < -0.3 is 14.9 Å². The van der Waals surface area contributed by atoms with Crippen molar-refractivity contribution >= 4 is 28.6 Å². The van der Waals surface area contributed by atoms with Crippen molar-refractivity contribution in [1.29, 1.82) is 0 Å². The minimum Gasteiger partial charge on any atom is -0.508 e. The molecule has 0 aromatic heterocycles. The first-order chi connectivity index (χ1) is 8.56. The molecule has 0 heterocycles. The molecule has 0 spiro atoms. The minimum atomic E-state index is -0.972. The number of benzene rings is 2. The van der Waals surface area contributed by atoms with E-state index < -0.39 is 5.97 Å². The highest BCUT2D eigenvalue weighted by molar-refractivity contribution is 14.1. The summed E-state index contributed by atoms with van der Waals surface area (Å²) in [5, 5.41) is 18.0. The predicted molar refractivity (Wildman–Crippen MR) is 74.3 cm³/mol. The van der Waals surface area contributed by atoms with E-state index in [0.29, 0.717) is 11.5 Å². The van der Waals surface area contributed by atoms with Crippen LogP contribution in [0.3, 0.4) is 0 Å². The number of rotatable bonds is 3. The number of carbonyl (C=O) groups is 1. The molecule has 2 aromatic rings. The lowest BCUT2D eigenvalue weighted by molar-refractivity contribution is 0.0697. The van der Waals surface area contributed by atoms with Gasteiger partial charge >= 0.3 is 5.97 Å². The third-order valence-electron chi connectivity index (χ3n) is 2.24. The zero-order chi connectivity index (χ0) is 13.1. The van der Waals surface area contributed by atoms with Gasteiger partial charge in [-0.3, -0.25) is 0 Å². The molecule has 0 unspecified atom stereocenters. The van der Waals surface area contributed by atoms with Gasteiger partial charge in [0.05, 0.1) is 9.13 Å². The first-order valence-electron chi connectivity index (χ1n) is 5.06. The lowest BCUT2D eigenvalue weighted by Gasteiger charge is -2.08. The van der Waals surface area contributed by atoms with Gasteiger partial charge in [-0.05, 0) is 65.1 Å². The second-order valence-electron chi connectivity index (χ2n) is 3.55. The van der Waals surface area contributed by atoms with Crippen LogP contribution >= 0.6 is 22.6 Å². The molecule has 18 heavy (non-hydrogen) atoms. The summed E-state index contributed by atoms with van der Waals surface area (Å²) in [4.78, 5) is 10.7. The van der Waals surface area contributed by atoms with Crippen molar-refractivity contribution in [3.05, 3.63) is 51.6 Å². The molecule has 0 bridgehead atoms. The molecule has 0 saturated carbocycles. The smallest absolute Gasteiger partial charge is 0.335 e. The molecule has 0 amide bonds. The average Bonchev–Trinajstić information content (AvgIpc) is 2.33. The zero-order valence-electron chi connectivity index (χ0n) is 9.13. The number of ether oxygens (including phenoxy) is 1. The number of phenols is 1. The number of halogens is 1. The van der Waals surface area contributed by atoms with Gasteiger partial charge in [-0.2, -0.15) is 0 Å². The monoisotopic (exact) mass is 356 g/mol. The van der Waals surface area contributed by atoms with Gasteiger partial charge in [-0.1, -0.05) is 0 Å². The Balaban J connectivity index is 2.21. The molecule has 4 nitrogen and oxygen atoms in total. The van der Waals surface area contributed by atoms with Crippen LogP contribution in [0.2, 0.25) is 0 Å². The number of carboxylic acids is 1. The van der Waals surface area contributed by atoms with Crippen molar-refractivity contribution in [3.8, 4) is 17.2 Å². The summed E-state index contributed by atoms with van der Waals surface area (Å²) in [6.45, 7) is 0. The molecule has 0 radical (unpaired) electrons. The van der Waals surface area contributed by atoms with Gasteiger partial charge in [0.15, 0.2) is 0 Å². The Bertz CT molecular complexity index is 578. The molecular weight excluding hydrogens is 347 g/mol. The second-order valence-corrected chi connectivity index (χ2v) is 4.71. The van der Waals surface area contributed by atoms with Crippen LogP contribution in [0.5, 0.6) is 17.2 Å². The van der Waals surface area contributed by atoms with Gasteiger partial charge in [-0.25, -0.2) is 4.79 Å². The molecule has 0 aliphatic rings. The van der Waals surface area contributed by atoms with E-state index in [4.69, 9.17) is 9.84 Å². The Kier molecular flexibility index (Phi) is 3.71. The fraction of sp³-hybridized carbons (Fsp3) is 0. The van der Waals surface area contributed by atoms with Crippen molar-refractivity contribution < 1.29 is 19.7 Å². The summed E-state index contributed by atoms with van der Waals surface area (Å²) in [6, 6.07) is 10.9. The van der Waals surface area contributed by atoms with Gasteiger partial charge in [-0.15, -0.1) is 0 Å². The van der Waals surface area contributed by atoms with Crippen LogP contribution in [0.15, 0.2) is 42.5 Å².